The minimum absolute atomic E-state index is 0.202. The molecule has 9 heteroatoms. The Morgan fingerprint density at radius 1 is 1.06 bits per heavy atom. The van der Waals surface area contributed by atoms with E-state index in [1.54, 1.807) is 31.3 Å². The number of sulfonamides is 1. The van der Waals surface area contributed by atoms with Gasteiger partial charge in [0.25, 0.3) is 0 Å². The van der Waals surface area contributed by atoms with E-state index in [0.29, 0.717) is 23.8 Å². The van der Waals surface area contributed by atoms with Gasteiger partial charge in [0.2, 0.25) is 15.9 Å². The maximum atomic E-state index is 12.9. The second-order valence-electron chi connectivity index (χ2n) is 7.44. The maximum Gasteiger partial charge on any atom is 0.243 e. The van der Waals surface area contributed by atoms with Gasteiger partial charge in [0.05, 0.1) is 27.4 Å². The summed E-state index contributed by atoms with van der Waals surface area (Å²) < 4.78 is 27.3. The van der Waals surface area contributed by atoms with Crippen molar-refractivity contribution in [3.05, 3.63) is 54.7 Å². The summed E-state index contributed by atoms with van der Waals surface area (Å²) in [5.41, 5.74) is 2.03. The van der Waals surface area contributed by atoms with Crippen LogP contribution in [0.3, 0.4) is 0 Å². The molecule has 162 valence electrons. The zero-order valence-corrected chi connectivity index (χ0v) is 18.8. The van der Waals surface area contributed by atoms with Gasteiger partial charge in [-0.1, -0.05) is 36.4 Å². The second-order valence-corrected chi connectivity index (χ2v) is 10.7. The molecule has 1 aliphatic heterocycles. The van der Waals surface area contributed by atoms with Crippen molar-refractivity contribution < 1.29 is 13.2 Å². The smallest absolute Gasteiger partial charge is 0.243 e. The molecule has 0 unspecified atom stereocenters. The summed E-state index contributed by atoms with van der Waals surface area (Å²) in [4.78, 5) is 21.8. The minimum atomic E-state index is -3.55. The number of rotatable bonds is 6. The van der Waals surface area contributed by atoms with Crippen molar-refractivity contribution in [2.75, 3.05) is 18.4 Å². The van der Waals surface area contributed by atoms with Crippen LogP contribution < -0.4 is 5.32 Å². The Labute approximate surface area is 186 Å². The maximum absolute atomic E-state index is 12.9. The molecule has 0 spiro atoms. The van der Waals surface area contributed by atoms with Gasteiger partial charge in [0.1, 0.15) is 5.03 Å². The Morgan fingerprint density at radius 2 is 1.81 bits per heavy atom. The molecule has 7 nitrogen and oxygen atoms in total. The van der Waals surface area contributed by atoms with Gasteiger partial charge in [-0.15, -0.1) is 0 Å². The van der Waals surface area contributed by atoms with E-state index in [-0.39, 0.29) is 10.8 Å². The highest BCUT2D eigenvalue weighted by atomic mass is 32.2. The molecule has 1 aromatic heterocycles. The zero-order chi connectivity index (χ0) is 21.8. The largest absolute Gasteiger partial charge is 0.325 e. The second kappa shape index (κ2) is 9.33. The van der Waals surface area contributed by atoms with E-state index in [0.717, 1.165) is 30.3 Å². The van der Waals surface area contributed by atoms with Crippen molar-refractivity contribution in [2.24, 2.45) is 0 Å². The van der Waals surface area contributed by atoms with Crippen LogP contribution >= 0.6 is 11.8 Å². The van der Waals surface area contributed by atoms with Gasteiger partial charge in [-0.25, -0.2) is 13.4 Å². The van der Waals surface area contributed by atoms with Crippen molar-refractivity contribution in [3.8, 4) is 0 Å². The topological polar surface area (TPSA) is 92.3 Å². The molecule has 1 saturated heterocycles. The zero-order valence-electron chi connectivity index (χ0n) is 17.2. The van der Waals surface area contributed by atoms with Gasteiger partial charge in [0, 0.05) is 18.8 Å². The molecule has 0 bridgehead atoms. The number of thioether (sulfide) groups is 1. The van der Waals surface area contributed by atoms with Crippen LogP contribution in [0.4, 0.5) is 5.69 Å². The highest BCUT2D eigenvalue weighted by Gasteiger charge is 2.26. The first-order valence-corrected chi connectivity index (χ1v) is 12.5. The van der Waals surface area contributed by atoms with Gasteiger partial charge in [-0.3, -0.25) is 9.78 Å². The van der Waals surface area contributed by atoms with Crippen LogP contribution in [0.5, 0.6) is 0 Å². The lowest BCUT2D eigenvalue weighted by molar-refractivity contribution is -0.115. The summed E-state index contributed by atoms with van der Waals surface area (Å²) >= 11 is 1.31. The van der Waals surface area contributed by atoms with Crippen LogP contribution in [0.15, 0.2) is 64.6 Å². The van der Waals surface area contributed by atoms with Gasteiger partial charge in [-0.2, -0.15) is 4.31 Å². The SMILES string of the molecule is C[C@H](Sc1cnc2ccccc2n1)C(=O)Nc1cccc(S(=O)(=O)N2CCCCC2)c1. The van der Waals surface area contributed by atoms with E-state index in [1.807, 2.05) is 24.3 Å². The Bertz CT molecular complexity index is 1190. The van der Waals surface area contributed by atoms with Crippen molar-refractivity contribution in [2.45, 2.75) is 41.4 Å². The van der Waals surface area contributed by atoms with Crippen molar-refractivity contribution in [3.63, 3.8) is 0 Å². The number of hydrogen-bond acceptors (Lipinski definition) is 6. The Hall–Kier alpha value is -2.49. The highest BCUT2D eigenvalue weighted by Crippen LogP contribution is 2.25. The number of para-hydroxylation sites is 2. The highest BCUT2D eigenvalue weighted by molar-refractivity contribution is 8.00. The molecular weight excluding hydrogens is 432 g/mol. The number of hydrogen-bond donors (Lipinski definition) is 1. The van der Waals surface area contributed by atoms with Crippen LogP contribution in [0.1, 0.15) is 26.2 Å². The van der Waals surface area contributed by atoms with Crippen molar-refractivity contribution in [1.82, 2.24) is 14.3 Å². The van der Waals surface area contributed by atoms with E-state index in [4.69, 9.17) is 0 Å². The average molecular weight is 457 g/mol. The predicted octanol–water partition coefficient (Wildman–Crippen LogP) is 3.92. The molecule has 1 atom stereocenters. The number of piperidine rings is 1. The summed E-state index contributed by atoms with van der Waals surface area (Å²) in [6, 6.07) is 14.0. The number of anilines is 1. The molecule has 1 aliphatic rings. The molecule has 1 fully saturated rings. The number of benzene rings is 2. The Balaban J connectivity index is 1.44. The third-order valence-electron chi connectivity index (χ3n) is 5.15. The number of carbonyl (C=O) groups is 1. The summed E-state index contributed by atoms with van der Waals surface area (Å²) in [6.07, 6.45) is 4.46. The molecule has 0 radical (unpaired) electrons. The Kier molecular flexibility index (Phi) is 6.54. The lowest BCUT2D eigenvalue weighted by Crippen LogP contribution is -2.35. The lowest BCUT2D eigenvalue weighted by atomic mass is 10.2. The molecule has 31 heavy (non-hydrogen) atoms. The fourth-order valence-corrected chi connectivity index (χ4v) is 5.82. The van der Waals surface area contributed by atoms with E-state index in [1.165, 1.54) is 22.1 Å². The van der Waals surface area contributed by atoms with E-state index in [9.17, 15) is 13.2 Å². The van der Waals surface area contributed by atoms with Crippen LogP contribution in [0, 0.1) is 0 Å². The summed E-state index contributed by atoms with van der Waals surface area (Å²) in [5, 5.41) is 3.05. The Morgan fingerprint density at radius 3 is 2.58 bits per heavy atom. The molecule has 2 heterocycles. The van der Waals surface area contributed by atoms with Crippen LogP contribution in [0.25, 0.3) is 11.0 Å². The fraction of sp³-hybridized carbons (Fsp3) is 0.318. The summed E-state index contributed by atoms with van der Waals surface area (Å²) in [7, 11) is -3.55. The first-order chi connectivity index (χ1) is 14.9. The molecule has 2 aromatic carbocycles. The third kappa shape index (κ3) is 5.06. The molecule has 1 N–H and O–H groups in total. The monoisotopic (exact) mass is 456 g/mol. The van der Waals surface area contributed by atoms with Gasteiger partial charge >= 0.3 is 0 Å². The number of fused-ring (bicyclic) bond motifs is 1. The number of nitrogens with one attached hydrogen (secondary N) is 1. The van der Waals surface area contributed by atoms with Gasteiger partial charge in [-0.05, 0) is 50.1 Å². The summed E-state index contributed by atoms with van der Waals surface area (Å²) in [5.74, 6) is -0.229. The van der Waals surface area contributed by atoms with Gasteiger partial charge in [0.15, 0.2) is 0 Å². The normalized spacial score (nSPS) is 16.2. The van der Waals surface area contributed by atoms with Crippen LogP contribution in [-0.4, -0.2) is 46.9 Å². The first kappa shape index (κ1) is 21.7. The van der Waals surface area contributed by atoms with E-state index < -0.39 is 15.3 Å². The quantitative estimate of drug-likeness (QED) is 0.565. The predicted molar refractivity (Wildman–Crippen MR) is 123 cm³/mol. The number of amides is 1. The van der Waals surface area contributed by atoms with Crippen molar-refractivity contribution in [1.29, 1.82) is 0 Å². The molecule has 3 aromatic rings. The fourth-order valence-electron chi connectivity index (χ4n) is 3.46. The number of carbonyl (C=O) groups excluding carboxylic acids is 1. The van der Waals surface area contributed by atoms with Gasteiger partial charge < -0.3 is 5.32 Å². The van der Waals surface area contributed by atoms with E-state index >= 15 is 0 Å². The summed E-state index contributed by atoms with van der Waals surface area (Å²) in [6.45, 7) is 2.87. The third-order valence-corrected chi connectivity index (χ3v) is 8.05. The van der Waals surface area contributed by atoms with Crippen LogP contribution in [0.2, 0.25) is 0 Å². The van der Waals surface area contributed by atoms with E-state index in [2.05, 4.69) is 15.3 Å². The molecule has 0 aliphatic carbocycles. The average Bonchev–Trinajstić information content (AvgIpc) is 2.79. The number of nitrogens with zero attached hydrogens (tertiary/aromatic N) is 3. The minimum Gasteiger partial charge on any atom is -0.325 e. The van der Waals surface area contributed by atoms with Crippen LogP contribution in [-0.2, 0) is 14.8 Å². The lowest BCUT2D eigenvalue weighted by Gasteiger charge is -2.26. The standard InChI is InChI=1S/C22H24N4O3S2/c1-16(30-21-15-23-19-10-3-4-11-20(19)25-21)22(27)24-17-8-7-9-18(14-17)31(28,29)26-12-5-2-6-13-26/h3-4,7-11,14-16H,2,5-6,12-13H2,1H3,(H,24,27)/t16-/m0/s1. The number of aromatic nitrogens is 2. The molecule has 4 rings (SSSR count). The molecule has 0 saturated carbocycles. The molecular formula is C22H24N4O3S2. The molecule has 1 amide bonds. The van der Waals surface area contributed by atoms with Crippen molar-refractivity contribution >= 4 is 44.4 Å². The first-order valence-electron chi connectivity index (χ1n) is 10.2.